The van der Waals surface area contributed by atoms with Crippen LogP contribution in [0.2, 0.25) is 0 Å². The zero-order valence-electron chi connectivity index (χ0n) is 10.8. The lowest BCUT2D eigenvalue weighted by Gasteiger charge is -2.15. The second-order valence-electron chi connectivity index (χ2n) is 4.93. The molecule has 0 bridgehead atoms. The number of sulfone groups is 1. The van der Waals surface area contributed by atoms with Crippen molar-refractivity contribution < 1.29 is 8.42 Å². The van der Waals surface area contributed by atoms with Gasteiger partial charge in [-0.25, -0.2) is 8.42 Å². The third-order valence-corrected chi connectivity index (χ3v) is 5.92. The van der Waals surface area contributed by atoms with Gasteiger partial charge in [0.25, 0.3) is 0 Å². The van der Waals surface area contributed by atoms with Crippen molar-refractivity contribution in [2.75, 3.05) is 17.6 Å². The molecule has 1 aromatic carbocycles. The van der Waals surface area contributed by atoms with Gasteiger partial charge in [0.05, 0.1) is 11.0 Å². The van der Waals surface area contributed by atoms with Crippen LogP contribution in [0.5, 0.6) is 0 Å². The number of anilines is 1. The molecular weight excluding hydrogens is 280 g/mol. The maximum Gasteiger partial charge on any atom is 0.154 e. The molecule has 19 heavy (non-hydrogen) atoms. The van der Waals surface area contributed by atoms with Gasteiger partial charge in [-0.3, -0.25) is 0 Å². The van der Waals surface area contributed by atoms with E-state index >= 15 is 0 Å². The molecule has 1 aromatic rings. The van der Waals surface area contributed by atoms with Crippen LogP contribution in [0.4, 0.5) is 5.69 Å². The van der Waals surface area contributed by atoms with Gasteiger partial charge in [0, 0.05) is 17.8 Å². The molecular formula is C13H18N2O2S2. The van der Waals surface area contributed by atoms with Gasteiger partial charge in [-0.2, -0.15) is 0 Å². The van der Waals surface area contributed by atoms with Crippen LogP contribution < -0.4 is 11.1 Å². The minimum Gasteiger partial charge on any atom is -0.389 e. The molecule has 104 valence electrons. The van der Waals surface area contributed by atoms with Crippen LogP contribution in [0.3, 0.4) is 0 Å². The maximum absolute atomic E-state index is 11.8. The van der Waals surface area contributed by atoms with Crippen molar-refractivity contribution in [1.82, 2.24) is 0 Å². The molecule has 1 unspecified atom stereocenters. The van der Waals surface area contributed by atoms with Crippen molar-refractivity contribution in [3.8, 4) is 0 Å². The number of nitrogens with two attached hydrogens (primary N) is 1. The summed E-state index contributed by atoms with van der Waals surface area (Å²) in [6.07, 6.45) is 1.48. The predicted octanol–water partition coefficient (Wildman–Crippen LogP) is 1.62. The minimum atomic E-state index is -2.93. The van der Waals surface area contributed by atoms with E-state index in [-0.39, 0.29) is 5.25 Å². The van der Waals surface area contributed by atoms with E-state index in [1.807, 2.05) is 25.1 Å². The highest BCUT2D eigenvalue weighted by molar-refractivity contribution is 7.92. The molecule has 0 spiro atoms. The molecule has 2 rings (SSSR count). The summed E-state index contributed by atoms with van der Waals surface area (Å²) in [5, 5.41) is 2.89. The first kappa shape index (κ1) is 14.3. The molecule has 0 amide bonds. The number of nitrogens with one attached hydrogen (secondary N) is 1. The normalized spacial score (nSPS) is 21.2. The largest absolute Gasteiger partial charge is 0.389 e. The standard InChI is InChI=1S/C13H18N2O2S2/c1-9-4-5-11(13(14)18)12(7-9)15-8-10-3-2-6-19(10,16)17/h4-5,7,10,15H,2-3,6,8H2,1H3,(H2,14,18). The molecule has 1 saturated heterocycles. The summed E-state index contributed by atoms with van der Waals surface area (Å²) in [4.78, 5) is 0.316. The van der Waals surface area contributed by atoms with Gasteiger partial charge in [-0.05, 0) is 37.5 Å². The Hall–Kier alpha value is -1.14. The monoisotopic (exact) mass is 298 g/mol. The first-order valence-electron chi connectivity index (χ1n) is 6.26. The Kier molecular flexibility index (Phi) is 4.10. The molecule has 4 nitrogen and oxygen atoms in total. The van der Waals surface area contributed by atoms with E-state index < -0.39 is 9.84 Å². The summed E-state index contributed by atoms with van der Waals surface area (Å²) >= 11 is 5.01. The highest BCUT2D eigenvalue weighted by atomic mass is 32.2. The van der Waals surface area contributed by atoms with Crippen LogP contribution in [-0.4, -0.2) is 31.0 Å². The Morgan fingerprint density at radius 2 is 2.26 bits per heavy atom. The molecule has 1 heterocycles. The molecule has 3 N–H and O–H groups in total. The lowest BCUT2D eigenvalue weighted by atomic mass is 10.1. The quantitative estimate of drug-likeness (QED) is 0.826. The van der Waals surface area contributed by atoms with E-state index in [4.69, 9.17) is 18.0 Å². The lowest BCUT2D eigenvalue weighted by Crippen LogP contribution is -2.26. The zero-order valence-corrected chi connectivity index (χ0v) is 12.5. The van der Waals surface area contributed by atoms with Crippen LogP contribution in [0, 0.1) is 6.92 Å². The average molecular weight is 298 g/mol. The van der Waals surface area contributed by atoms with Crippen molar-refractivity contribution in [2.24, 2.45) is 5.73 Å². The van der Waals surface area contributed by atoms with Crippen LogP contribution in [0.15, 0.2) is 18.2 Å². The summed E-state index contributed by atoms with van der Waals surface area (Å²) < 4.78 is 23.6. The number of thiocarbonyl (C=S) groups is 1. The van der Waals surface area contributed by atoms with E-state index in [9.17, 15) is 8.42 Å². The van der Waals surface area contributed by atoms with E-state index in [0.29, 0.717) is 17.3 Å². The minimum absolute atomic E-state index is 0.299. The molecule has 0 aromatic heterocycles. The first-order chi connectivity index (χ1) is 8.90. The van der Waals surface area contributed by atoms with Gasteiger partial charge in [0.15, 0.2) is 9.84 Å². The first-order valence-corrected chi connectivity index (χ1v) is 8.38. The van der Waals surface area contributed by atoms with Crippen molar-refractivity contribution >= 4 is 32.7 Å². The van der Waals surface area contributed by atoms with E-state index in [2.05, 4.69) is 5.32 Å². The van der Waals surface area contributed by atoms with Crippen LogP contribution in [0.1, 0.15) is 24.0 Å². The van der Waals surface area contributed by atoms with Gasteiger partial charge in [-0.1, -0.05) is 18.3 Å². The van der Waals surface area contributed by atoms with Gasteiger partial charge < -0.3 is 11.1 Å². The molecule has 1 aliphatic heterocycles. The molecule has 6 heteroatoms. The Morgan fingerprint density at radius 1 is 1.53 bits per heavy atom. The molecule has 0 radical (unpaired) electrons. The van der Waals surface area contributed by atoms with Gasteiger partial charge in [-0.15, -0.1) is 0 Å². The van der Waals surface area contributed by atoms with Gasteiger partial charge >= 0.3 is 0 Å². The molecule has 0 saturated carbocycles. The van der Waals surface area contributed by atoms with Crippen LogP contribution in [-0.2, 0) is 9.84 Å². The molecule has 0 aliphatic carbocycles. The third kappa shape index (κ3) is 3.25. The Morgan fingerprint density at radius 3 is 2.84 bits per heavy atom. The predicted molar refractivity (Wildman–Crippen MR) is 82.4 cm³/mol. The van der Waals surface area contributed by atoms with E-state index in [1.54, 1.807) is 0 Å². The topological polar surface area (TPSA) is 72.2 Å². The molecule has 1 atom stereocenters. The smallest absolute Gasteiger partial charge is 0.154 e. The molecule has 1 aliphatic rings. The van der Waals surface area contributed by atoms with Crippen molar-refractivity contribution in [3.05, 3.63) is 29.3 Å². The second-order valence-corrected chi connectivity index (χ2v) is 7.77. The third-order valence-electron chi connectivity index (χ3n) is 3.42. The summed E-state index contributed by atoms with van der Waals surface area (Å²) in [7, 11) is -2.93. The highest BCUT2D eigenvalue weighted by Gasteiger charge is 2.30. The van der Waals surface area contributed by atoms with Crippen LogP contribution in [0.25, 0.3) is 0 Å². The van der Waals surface area contributed by atoms with Crippen molar-refractivity contribution in [3.63, 3.8) is 0 Å². The number of hydrogen-bond donors (Lipinski definition) is 2. The summed E-state index contributed by atoms with van der Waals surface area (Å²) in [6, 6.07) is 5.74. The van der Waals surface area contributed by atoms with E-state index in [0.717, 1.165) is 29.7 Å². The van der Waals surface area contributed by atoms with E-state index in [1.165, 1.54) is 0 Å². The van der Waals surface area contributed by atoms with Gasteiger partial charge in [0.1, 0.15) is 4.99 Å². The summed E-state index contributed by atoms with van der Waals surface area (Å²) in [5.41, 5.74) is 8.33. The fraction of sp³-hybridized carbons (Fsp3) is 0.462. The fourth-order valence-electron chi connectivity index (χ4n) is 2.33. The zero-order chi connectivity index (χ0) is 14.0. The Balaban J connectivity index is 2.15. The number of rotatable bonds is 4. The van der Waals surface area contributed by atoms with Crippen LogP contribution >= 0.6 is 12.2 Å². The Labute approximate surface area is 119 Å². The van der Waals surface area contributed by atoms with Crippen molar-refractivity contribution in [1.29, 1.82) is 0 Å². The summed E-state index contributed by atoms with van der Waals surface area (Å²) in [6.45, 7) is 2.39. The SMILES string of the molecule is Cc1ccc(C(N)=S)c(NCC2CCCS2(=O)=O)c1. The molecule has 1 fully saturated rings. The second kappa shape index (κ2) is 5.46. The Bertz CT molecular complexity index is 597. The maximum atomic E-state index is 11.8. The summed E-state index contributed by atoms with van der Waals surface area (Å²) in [5.74, 6) is 0.301. The van der Waals surface area contributed by atoms with Crippen molar-refractivity contribution in [2.45, 2.75) is 25.0 Å². The fourth-order valence-corrected chi connectivity index (χ4v) is 4.27. The number of aryl methyl sites for hydroxylation is 1. The van der Waals surface area contributed by atoms with Gasteiger partial charge in [0.2, 0.25) is 0 Å². The highest BCUT2D eigenvalue weighted by Crippen LogP contribution is 2.22. The number of hydrogen-bond acceptors (Lipinski definition) is 4. The number of benzene rings is 1. The average Bonchev–Trinajstić information content (AvgIpc) is 2.65. The lowest BCUT2D eigenvalue weighted by molar-refractivity contribution is 0.591.